The Hall–Kier alpha value is -0.393. The zero-order valence-corrected chi connectivity index (χ0v) is 18.1. The molecule has 1 saturated heterocycles. The molecule has 0 aliphatic carbocycles. The Balaban J connectivity index is 1.96. The number of hydrogen-bond acceptors (Lipinski definition) is 4. The highest BCUT2D eigenvalue weighted by Gasteiger charge is 2.50. The van der Waals surface area contributed by atoms with Crippen LogP contribution in [0.5, 0.6) is 0 Å². The SMILES string of the molecule is CC1CO[C@](C)([C@@H]2ON=C([C@@H](C)CO[Si](C)(C)C(C)(C)C)[C@@H]2C)C1. The summed E-state index contributed by atoms with van der Waals surface area (Å²) in [7, 11) is -1.73. The monoisotopic (exact) mass is 355 g/mol. The lowest BCUT2D eigenvalue weighted by Gasteiger charge is -2.37. The van der Waals surface area contributed by atoms with Crippen molar-refractivity contribution in [3.05, 3.63) is 0 Å². The predicted octanol–water partition coefficient (Wildman–Crippen LogP) is 4.85. The third-order valence-electron chi connectivity index (χ3n) is 6.25. The maximum atomic E-state index is 6.39. The molecule has 5 atom stereocenters. The zero-order valence-electron chi connectivity index (χ0n) is 17.1. The van der Waals surface area contributed by atoms with Gasteiger partial charge in [0, 0.05) is 18.4 Å². The Morgan fingerprint density at radius 3 is 2.46 bits per heavy atom. The van der Waals surface area contributed by atoms with Gasteiger partial charge < -0.3 is 14.0 Å². The van der Waals surface area contributed by atoms with Crippen LogP contribution in [0.2, 0.25) is 18.1 Å². The summed E-state index contributed by atoms with van der Waals surface area (Å²) in [6.45, 7) is 21.8. The standard InChI is InChI=1S/C19H37NO3Si/c1-13-10-19(7,21-11-13)17-15(3)16(20-23-17)14(2)12-22-24(8,9)18(4,5)6/h13-15,17H,10-12H2,1-9H3/t13?,14-,15-,17+,19-/m0/s1. The van der Waals surface area contributed by atoms with Crippen molar-refractivity contribution in [2.45, 2.75) is 84.7 Å². The maximum Gasteiger partial charge on any atom is 0.192 e. The van der Waals surface area contributed by atoms with E-state index in [-0.39, 0.29) is 28.6 Å². The van der Waals surface area contributed by atoms with Crippen LogP contribution in [0.15, 0.2) is 5.16 Å². The van der Waals surface area contributed by atoms with Crippen LogP contribution in [0.1, 0.15) is 54.9 Å². The van der Waals surface area contributed by atoms with Crippen molar-refractivity contribution in [1.29, 1.82) is 0 Å². The van der Waals surface area contributed by atoms with Gasteiger partial charge in [-0.25, -0.2) is 0 Å². The summed E-state index contributed by atoms with van der Waals surface area (Å²) in [5.74, 6) is 1.15. The number of nitrogens with zero attached hydrogens (tertiary/aromatic N) is 1. The average Bonchev–Trinajstić information content (AvgIpc) is 2.99. The molecule has 1 fully saturated rings. The molecule has 0 saturated carbocycles. The molecule has 5 heteroatoms. The van der Waals surface area contributed by atoms with E-state index >= 15 is 0 Å². The van der Waals surface area contributed by atoms with Gasteiger partial charge in [-0.15, -0.1) is 0 Å². The lowest BCUT2D eigenvalue weighted by molar-refractivity contribution is -0.108. The lowest BCUT2D eigenvalue weighted by Crippen LogP contribution is -2.45. The fourth-order valence-electron chi connectivity index (χ4n) is 3.60. The van der Waals surface area contributed by atoms with Gasteiger partial charge in [0.1, 0.15) is 5.60 Å². The van der Waals surface area contributed by atoms with Crippen molar-refractivity contribution >= 4 is 14.0 Å². The van der Waals surface area contributed by atoms with Gasteiger partial charge in [-0.3, -0.25) is 0 Å². The van der Waals surface area contributed by atoms with Crippen LogP contribution in [0.3, 0.4) is 0 Å². The maximum absolute atomic E-state index is 6.39. The molecule has 2 aliphatic heterocycles. The molecule has 0 spiro atoms. The van der Waals surface area contributed by atoms with Crippen LogP contribution < -0.4 is 0 Å². The first kappa shape index (κ1) is 19.9. The van der Waals surface area contributed by atoms with E-state index in [2.05, 4.69) is 66.7 Å². The van der Waals surface area contributed by atoms with Crippen molar-refractivity contribution < 1.29 is 14.0 Å². The van der Waals surface area contributed by atoms with Gasteiger partial charge >= 0.3 is 0 Å². The molecule has 2 rings (SSSR count). The third kappa shape index (κ3) is 3.88. The fourth-order valence-corrected chi connectivity index (χ4v) is 4.70. The van der Waals surface area contributed by atoms with E-state index in [1.165, 1.54) is 0 Å². The van der Waals surface area contributed by atoms with E-state index in [9.17, 15) is 0 Å². The van der Waals surface area contributed by atoms with E-state index in [4.69, 9.17) is 14.0 Å². The summed E-state index contributed by atoms with van der Waals surface area (Å²) in [6.07, 6.45) is 1.06. The molecule has 2 heterocycles. The normalized spacial score (nSPS) is 35.7. The largest absolute Gasteiger partial charge is 0.416 e. The van der Waals surface area contributed by atoms with Gasteiger partial charge in [0.25, 0.3) is 0 Å². The van der Waals surface area contributed by atoms with Crippen LogP contribution >= 0.6 is 0 Å². The van der Waals surface area contributed by atoms with Gasteiger partial charge in [0.05, 0.1) is 12.3 Å². The summed E-state index contributed by atoms with van der Waals surface area (Å²) in [4.78, 5) is 5.85. The van der Waals surface area contributed by atoms with Gasteiger partial charge in [0.2, 0.25) is 0 Å². The first-order valence-electron chi connectivity index (χ1n) is 9.39. The number of hydrogen-bond donors (Lipinski definition) is 0. The minimum absolute atomic E-state index is 0.0211. The number of rotatable bonds is 5. The molecule has 0 amide bonds. The van der Waals surface area contributed by atoms with E-state index in [0.29, 0.717) is 5.92 Å². The summed E-state index contributed by atoms with van der Waals surface area (Å²) >= 11 is 0. The van der Waals surface area contributed by atoms with Crippen molar-refractivity contribution in [2.75, 3.05) is 13.2 Å². The Morgan fingerprint density at radius 2 is 1.96 bits per heavy atom. The second-order valence-corrected chi connectivity index (χ2v) is 14.5. The fraction of sp³-hybridized carbons (Fsp3) is 0.947. The van der Waals surface area contributed by atoms with E-state index in [1.54, 1.807) is 0 Å². The molecule has 1 unspecified atom stereocenters. The topological polar surface area (TPSA) is 40.0 Å². The summed E-state index contributed by atoms with van der Waals surface area (Å²) in [5, 5.41) is 4.68. The molecule has 0 radical (unpaired) electrons. The molecule has 24 heavy (non-hydrogen) atoms. The molecule has 0 aromatic heterocycles. The Kier molecular flexibility index (Phi) is 5.59. The van der Waals surface area contributed by atoms with Crippen molar-refractivity contribution in [3.8, 4) is 0 Å². The van der Waals surface area contributed by atoms with Crippen LogP contribution in [0.25, 0.3) is 0 Å². The molecule has 0 aromatic rings. The van der Waals surface area contributed by atoms with Gasteiger partial charge in [-0.1, -0.05) is 46.7 Å². The van der Waals surface area contributed by atoms with Gasteiger partial charge in [0.15, 0.2) is 14.4 Å². The summed E-state index contributed by atoms with van der Waals surface area (Å²) < 4.78 is 12.5. The van der Waals surface area contributed by atoms with Crippen LogP contribution in [0.4, 0.5) is 0 Å². The van der Waals surface area contributed by atoms with Gasteiger partial charge in [-0.2, -0.15) is 0 Å². The first-order chi connectivity index (χ1) is 10.9. The molecule has 140 valence electrons. The van der Waals surface area contributed by atoms with Crippen molar-refractivity contribution in [2.24, 2.45) is 22.9 Å². The van der Waals surface area contributed by atoms with Crippen LogP contribution in [0, 0.1) is 17.8 Å². The molecule has 0 aromatic carbocycles. The second kappa shape index (κ2) is 6.73. The third-order valence-corrected chi connectivity index (χ3v) is 10.8. The Labute approximate surface area is 149 Å². The molecular weight excluding hydrogens is 318 g/mol. The van der Waals surface area contributed by atoms with Crippen LogP contribution in [-0.4, -0.2) is 38.9 Å². The first-order valence-corrected chi connectivity index (χ1v) is 12.3. The minimum atomic E-state index is -1.73. The summed E-state index contributed by atoms with van der Waals surface area (Å²) in [6, 6.07) is 0. The predicted molar refractivity (Wildman–Crippen MR) is 102 cm³/mol. The van der Waals surface area contributed by atoms with Crippen molar-refractivity contribution in [1.82, 2.24) is 0 Å². The number of ether oxygens (including phenoxy) is 1. The van der Waals surface area contributed by atoms with E-state index < -0.39 is 8.32 Å². The molecule has 2 aliphatic rings. The molecule has 0 bridgehead atoms. The average molecular weight is 356 g/mol. The Morgan fingerprint density at radius 1 is 1.33 bits per heavy atom. The molecule has 4 nitrogen and oxygen atoms in total. The highest BCUT2D eigenvalue weighted by atomic mass is 28.4. The molecule has 0 N–H and O–H groups in total. The summed E-state index contributed by atoms with van der Waals surface area (Å²) in [5.41, 5.74) is 0.910. The Bertz CT molecular complexity index is 485. The minimum Gasteiger partial charge on any atom is -0.416 e. The lowest BCUT2D eigenvalue weighted by atomic mass is 9.81. The molecular formula is C19H37NO3Si. The van der Waals surface area contributed by atoms with E-state index in [1.807, 2.05) is 0 Å². The van der Waals surface area contributed by atoms with Crippen LogP contribution in [-0.2, 0) is 14.0 Å². The zero-order chi connectivity index (χ0) is 18.3. The van der Waals surface area contributed by atoms with Crippen molar-refractivity contribution in [3.63, 3.8) is 0 Å². The van der Waals surface area contributed by atoms with E-state index in [0.717, 1.165) is 25.3 Å². The second-order valence-electron chi connectivity index (χ2n) is 9.74. The quantitative estimate of drug-likeness (QED) is 0.662. The van der Waals surface area contributed by atoms with Gasteiger partial charge in [-0.05, 0) is 37.4 Å². The highest BCUT2D eigenvalue weighted by molar-refractivity contribution is 6.74. The highest BCUT2D eigenvalue weighted by Crippen LogP contribution is 2.41. The smallest absolute Gasteiger partial charge is 0.192 e. The number of oxime groups is 1.